The molecule has 0 unspecified atom stereocenters. The number of hydrogen-bond donors (Lipinski definition) is 4. The number of benzene rings is 2. The molecule has 33 heavy (non-hydrogen) atoms. The van der Waals surface area contributed by atoms with Crippen molar-refractivity contribution in [3.63, 3.8) is 0 Å². The van der Waals surface area contributed by atoms with Gasteiger partial charge in [-0.1, -0.05) is 13.0 Å². The maximum absolute atomic E-state index is 12.9. The van der Waals surface area contributed by atoms with Crippen LogP contribution in [0.1, 0.15) is 34.8 Å². The van der Waals surface area contributed by atoms with Gasteiger partial charge in [0.1, 0.15) is 23.9 Å². The summed E-state index contributed by atoms with van der Waals surface area (Å²) >= 11 is 0. The van der Waals surface area contributed by atoms with E-state index < -0.39 is 0 Å². The molecular weight excluding hydrogens is 418 g/mol. The number of nitrogens with zero attached hydrogens (tertiary/aromatic N) is 1. The van der Waals surface area contributed by atoms with E-state index >= 15 is 0 Å². The van der Waals surface area contributed by atoms with Crippen molar-refractivity contribution in [3.05, 3.63) is 65.2 Å². The van der Waals surface area contributed by atoms with E-state index in [2.05, 4.69) is 10.3 Å². The van der Waals surface area contributed by atoms with Gasteiger partial charge in [-0.25, -0.2) is 4.98 Å². The number of rotatable bonds is 9. The van der Waals surface area contributed by atoms with Gasteiger partial charge in [-0.15, -0.1) is 0 Å². The zero-order valence-corrected chi connectivity index (χ0v) is 19.1. The fraction of sp³-hybridized carbons (Fsp3) is 0.240. The number of aromatic nitrogens is 1. The summed E-state index contributed by atoms with van der Waals surface area (Å²) < 4.78 is 10.8. The number of amides is 1. The number of methoxy groups -OCH3 is 1. The van der Waals surface area contributed by atoms with E-state index in [4.69, 9.17) is 26.4 Å². The number of carbonyl (C=O) groups is 1. The topological polar surface area (TPSA) is 136 Å². The summed E-state index contributed by atoms with van der Waals surface area (Å²) in [5, 5.41) is 10.9. The zero-order valence-electron chi connectivity index (χ0n) is 19.1. The molecule has 0 saturated carbocycles. The maximum Gasteiger partial charge on any atom is 0.255 e. The van der Waals surface area contributed by atoms with Crippen LogP contribution in [0.5, 0.6) is 11.5 Å². The second kappa shape index (κ2) is 10.6. The van der Waals surface area contributed by atoms with Crippen LogP contribution in [0.4, 0.5) is 11.5 Å². The predicted molar refractivity (Wildman–Crippen MR) is 131 cm³/mol. The van der Waals surface area contributed by atoms with Gasteiger partial charge in [0.15, 0.2) is 0 Å². The van der Waals surface area contributed by atoms with Crippen molar-refractivity contribution in [1.29, 1.82) is 5.41 Å². The Morgan fingerprint density at radius 3 is 2.55 bits per heavy atom. The molecule has 8 heteroatoms. The highest BCUT2D eigenvalue weighted by atomic mass is 16.5. The van der Waals surface area contributed by atoms with Crippen molar-refractivity contribution in [1.82, 2.24) is 4.98 Å². The van der Waals surface area contributed by atoms with Crippen LogP contribution in [0.3, 0.4) is 0 Å². The Balaban J connectivity index is 1.88. The van der Waals surface area contributed by atoms with Gasteiger partial charge in [0.25, 0.3) is 5.91 Å². The normalized spacial score (nSPS) is 10.5. The Bertz CT molecular complexity index is 1180. The number of nitrogens with two attached hydrogens (primary N) is 2. The summed E-state index contributed by atoms with van der Waals surface area (Å²) in [6.45, 7) is 4.57. The second-order valence-electron chi connectivity index (χ2n) is 7.48. The summed E-state index contributed by atoms with van der Waals surface area (Å²) in [5.41, 5.74) is 16.2. The number of ether oxygens (including phenoxy) is 2. The van der Waals surface area contributed by atoms with E-state index in [1.54, 1.807) is 18.2 Å². The van der Waals surface area contributed by atoms with Crippen LogP contribution in [0.15, 0.2) is 48.5 Å². The van der Waals surface area contributed by atoms with Crippen LogP contribution in [-0.4, -0.2) is 36.9 Å². The zero-order chi connectivity index (χ0) is 24.0. The van der Waals surface area contributed by atoms with E-state index in [0.29, 0.717) is 65.1 Å². The second-order valence-corrected chi connectivity index (χ2v) is 7.48. The van der Waals surface area contributed by atoms with Gasteiger partial charge in [0, 0.05) is 40.7 Å². The lowest BCUT2D eigenvalue weighted by Crippen LogP contribution is -2.14. The number of nitrogens with one attached hydrogen (secondary N) is 2. The quantitative estimate of drug-likeness (QED) is 0.366. The molecule has 2 aromatic carbocycles. The number of aryl methyl sites for hydroxylation is 1. The Hall–Kier alpha value is -3.91. The van der Waals surface area contributed by atoms with Gasteiger partial charge >= 0.3 is 0 Å². The van der Waals surface area contributed by atoms with Gasteiger partial charge in [-0.2, -0.15) is 0 Å². The number of carbonyl (C=O) groups excluding carboxylic acids is 1. The molecule has 0 bridgehead atoms. The van der Waals surface area contributed by atoms with Gasteiger partial charge in [0.2, 0.25) is 0 Å². The fourth-order valence-electron chi connectivity index (χ4n) is 3.33. The highest BCUT2D eigenvalue weighted by Crippen LogP contribution is 2.28. The molecular formula is C25H29N5O3. The third kappa shape index (κ3) is 5.67. The largest absolute Gasteiger partial charge is 0.497 e. The van der Waals surface area contributed by atoms with Gasteiger partial charge in [-0.3, -0.25) is 4.79 Å². The van der Waals surface area contributed by atoms with E-state index in [-0.39, 0.29) is 5.91 Å². The molecule has 6 N–H and O–H groups in total. The van der Waals surface area contributed by atoms with Crippen molar-refractivity contribution < 1.29 is 14.3 Å². The Morgan fingerprint density at radius 2 is 1.88 bits per heavy atom. The molecule has 0 aliphatic carbocycles. The molecule has 1 aromatic heterocycles. The Labute approximate surface area is 193 Å². The summed E-state index contributed by atoms with van der Waals surface area (Å²) in [6.07, 6.45) is 0.578. The van der Waals surface area contributed by atoms with Crippen molar-refractivity contribution in [3.8, 4) is 22.8 Å². The average Bonchev–Trinajstić information content (AvgIpc) is 2.83. The molecule has 0 spiro atoms. The molecule has 0 radical (unpaired) electrons. The first-order valence-electron chi connectivity index (χ1n) is 10.6. The monoisotopic (exact) mass is 447 g/mol. The molecule has 8 nitrogen and oxygen atoms in total. The highest BCUT2D eigenvalue weighted by Gasteiger charge is 2.14. The van der Waals surface area contributed by atoms with Crippen LogP contribution < -0.4 is 26.3 Å². The van der Waals surface area contributed by atoms with E-state index in [9.17, 15) is 4.79 Å². The minimum absolute atomic E-state index is 0.305. The lowest BCUT2D eigenvalue weighted by atomic mass is 10.0. The van der Waals surface area contributed by atoms with E-state index in [0.717, 1.165) is 11.1 Å². The molecule has 3 aromatic rings. The first kappa shape index (κ1) is 23.7. The van der Waals surface area contributed by atoms with Crippen LogP contribution in [0, 0.1) is 12.3 Å². The molecule has 0 aliphatic rings. The van der Waals surface area contributed by atoms with Crippen molar-refractivity contribution in [2.75, 3.05) is 31.3 Å². The van der Waals surface area contributed by atoms with Crippen molar-refractivity contribution >= 4 is 23.1 Å². The first-order chi connectivity index (χ1) is 15.9. The molecule has 0 aliphatic heterocycles. The van der Waals surface area contributed by atoms with Crippen LogP contribution in [-0.2, 0) is 0 Å². The van der Waals surface area contributed by atoms with Gasteiger partial charge < -0.3 is 31.7 Å². The lowest BCUT2D eigenvalue weighted by Gasteiger charge is -2.13. The standard InChI is InChI=1S/C25H29N5O3/c1-4-22(27)20-7-8-23(30-24(20)28)21-13-17(6-5-15(21)2)29-25(31)16-11-18(32-3)14-19(12-16)33-10-9-26/h5-8,11-14,27H,4,9-10,26H2,1-3H3,(H2,28,30)(H,29,31). The van der Waals surface area contributed by atoms with Crippen LogP contribution in [0.2, 0.25) is 0 Å². The van der Waals surface area contributed by atoms with Crippen molar-refractivity contribution in [2.24, 2.45) is 5.73 Å². The Kier molecular flexibility index (Phi) is 7.63. The third-order valence-electron chi connectivity index (χ3n) is 5.14. The number of pyridine rings is 1. The molecule has 172 valence electrons. The third-order valence-corrected chi connectivity index (χ3v) is 5.14. The predicted octanol–water partition coefficient (Wildman–Crippen LogP) is 4.02. The molecule has 0 saturated heterocycles. The fourth-order valence-corrected chi connectivity index (χ4v) is 3.33. The van der Waals surface area contributed by atoms with E-state index in [1.807, 2.05) is 44.2 Å². The number of anilines is 2. The molecule has 0 atom stereocenters. The van der Waals surface area contributed by atoms with Gasteiger partial charge in [0.05, 0.1) is 12.8 Å². The van der Waals surface area contributed by atoms with Crippen molar-refractivity contribution in [2.45, 2.75) is 20.3 Å². The molecule has 3 rings (SSSR count). The molecule has 1 heterocycles. The smallest absolute Gasteiger partial charge is 0.255 e. The summed E-state index contributed by atoms with van der Waals surface area (Å²) in [6, 6.07) is 14.2. The van der Waals surface area contributed by atoms with Crippen LogP contribution >= 0.6 is 0 Å². The van der Waals surface area contributed by atoms with E-state index in [1.165, 1.54) is 7.11 Å². The number of hydrogen-bond acceptors (Lipinski definition) is 7. The Morgan fingerprint density at radius 1 is 1.12 bits per heavy atom. The SMILES string of the molecule is CCC(=N)c1ccc(-c2cc(NC(=O)c3cc(OC)cc(OCCN)c3)ccc2C)nc1N. The summed E-state index contributed by atoms with van der Waals surface area (Å²) in [4.78, 5) is 17.4. The van der Waals surface area contributed by atoms with Crippen LogP contribution in [0.25, 0.3) is 11.3 Å². The highest BCUT2D eigenvalue weighted by molar-refractivity contribution is 6.05. The maximum atomic E-state index is 12.9. The summed E-state index contributed by atoms with van der Waals surface area (Å²) in [5.74, 6) is 1.03. The minimum atomic E-state index is -0.305. The molecule has 1 amide bonds. The summed E-state index contributed by atoms with van der Waals surface area (Å²) in [7, 11) is 1.53. The number of nitrogen functional groups attached to an aromatic ring is 1. The first-order valence-corrected chi connectivity index (χ1v) is 10.6. The lowest BCUT2D eigenvalue weighted by molar-refractivity contribution is 0.102. The minimum Gasteiger partial charge on any atom is -0.497 e. The average molecular weight is 448 g/mol. The molecule has 0 fully saturated rings. The van der Waals surface area contributed by atoms with Gasteiger partial charge in [-0.05, 0) is 55.3 Å².